The number of nitrogens with one attached hydrogen (secondary N) is 1. The number of benzene rings is 1. The van der Waals surface area contributed by atoms with Gasteiger partial charge in [-0.1, -0.05) is 0 Å². The van der Waals surface area contributed by atoms with E-state index in [-0.39, 0.29) is 4.90 Å². The predicted octanol–water partition coefficient (Wildman–Crippen LogP) is 1.38. The molecule has 0 saturated carbocycles. The first-order chi connectivity index (χ1) is 8.50. The number of rotatable bonds is 5. The van der Waals surface area contributed by atoms with Crippen molar-refractivity contribution in [1.29, 1.82) is 0 Å². The summed E-state index contributed by atoms with van der Waals surface area (Å²) in [7, 11) is -1.30. The maximum atomic E-state index is 11.4. The van der Waals surface area contributed by atoms with Gasteiger partial charge in [-0.05, 0) is 38.2 Å². The van der Waals surface area contributed by atoms with Gasteiger partial charge < -0.3 is 9.73 Å². The molecule has 0 amide bonds. The summed E-state index contributed by atoms with van der Waals surface area (Å²) in [6.07, 6.45) is 2.86. The molecule has 0 aliphatic rings. The highest BCUT2D eigenvalue weighted by molar-refractivity contribution is 7.90. The fourth-order valence-electron chi connectivity index (χ4n) is 1.71. The Morgan fingerprint density at radius 2 is 2.17 bits per heavy atom. The van der Waals surface area contributed by atoms with E-state index in [2.05, 4.69) is 10.3 Å². The number of fused-ring (bicyclic) bond motifs is 1. The lowest BCUT2D eigenvalue weighted by Crippen LogP contribution is -2.08. The summed E-state index contributed by atoms with van der Waals surface area (Å²) in [4.78, 5) is 4.57. The average molecular weight is 268 g/mol. The molecule has 98 valence electrons. The Morgan fingerprint density at radius 1 is 1.39 bits per heavy atom. The highest BCUT2D eigenvalue weighted by Crippen LogP contribution is 2.20. The summed E-state index contributed by atoms with van der Waals surface area (Å²) in [5.41, 5.74) is 1.22. The van der Waals surface area contributed by atoms with Gasteiger partial charge >= 0.3 is 0 Å². The molecule has 0 bridgehead atoms. The van der Waals surface area contributed by atoms with Crippen LogP contribution in [0.4, 0.5) is 0 Å². The van der Waals surface area contributed by atoms with Gasteiger partial charge in [-0.3, -0.25) is 0 Å². The van der Waals surface area contributed by atoms with Crippen molar-refractivity contribution in [2.24, 2.45) is 0 Å². The Balaban J connectivity index is 2.28. The molecule has 5 nitrogen and oxygen atoms in total. The fraction of sp³-hybridized carbons (Fsp3) is 0.417. The molecular formula is C12H16N2O3S. The number of hydrogen-bond donors (Lipinski definition) is 1. The molecule has 1 aromatic carbocycles. The number of aromatic nitrogens is 1. The minimum absolute atomic E-state index is 0.269. The lowest BCUT2D eigenvalue weighted by atomic mass is 10.3. The largest absolute Gasteiger partial charge is 0.441 e. The second-order valence-electron chi connectivity index (χ2n) is 4.22. The van der Waals surface area contributed by atoms with E-state index in [1.54, 1.807) is 18.2 Å². The Labute approximate surface area is 106 Å². The van der Waals surface area contributed by atoms with Crippen LogP contribution in [0, 0.1) is 0 Å². The van der Waals surface area contributed by atoms with E-state index in [0.717, 1.165) is 19.4 Å². The molecule has 0 unspecified atom stereocenters. The Bertz CT molecular complexity index is 646. The highest BCUT2D eigenvalue weighted by Gasteiger charge is 2.11. The number of nitrogens with zero attached hydrogens (tertiary/aromatic N) is 1. The molecule has 18 heavy (non-hydrogen) atoms. The zero-order valence-corrected chi connectivity index (χ0v) is 11.3. The van der Waals surface area contributed by atoms with Crippen LogP contribution in [0.1, 0.15) is 12.3 Å². The predicted molar refractivity (Wildman–Crippen MR) is 69.4 cm³/mol. The topological polar surface area (TPSA) is 72.2 Å². The van der Waals surface area contributed by atoms with Crippen molar-refractivity contribution >= 4 is 20.9 Å². The molecule has 2 aromatic rings. The molecular weight excluding hydrogens is 252 g/mol. The molecule has 1 N–H and O–H groups in total. The first kappa shape index (κ1) is 13.0. The summed E-state index contributed by atoms with van der Waals surface area (Å²) in [6.45, 7) is 0.896. The molecule has 2 rings (SSSR count). The monoisotopic (exact) mass is 268 g/mol. The van der Waals surface area contributed by atoms with Crippen LogP contribution in [0.5, 0.6) is 0 Å². The normalized spacial score (nSPS) is 12.1. The molecule has 0 atom stereocenters. The third kappa shape index (κ3) is 2.88. The first-order valence-corrected chi connectivity index (χ1v) is 7.64. The highest BCUT2D eigenvalue weighted by atomic mass is 32.2. The lowest BCUT2D eigenvalue weighted by molar-refractivity contribution is 0.516. The zero-order valence-electron chi connectivity index (χ0n) is 10.4. The number of sulfone groups is 1. The van der Waals surface area contributed by atoms with Crippen molar-refractivity contribution in [2.45, 2.75) is 17.7 Å². The van der Waals surface area contributed by atoms with Gasteiger partial charge in [0.2, 0.25) is 0 Å². The molecule has 1 heterocycles. The molecule has 0 aliphatic heterocycles. The molecule has 1 aromatic heterocycles. The Morgan fingerprint density at radius 3 is 2.83 bits per heavy atom. The average Bonchev–Trinajstić information content (AvgIpc) is 2.69. The van der Waals surface area contributed by atoms with Gasteiger partial charge in [-0.25, -0.2) is 13.4 Å². The van der Waals surface area contributed by atoms with Crippen molar-refractivity contribution in [1.82, 2.24) is 10.3 Å². The van der Waals surface area contributed by atoms with Crippen LogP contribution in [-0.2, 0) is 16.3 Å². The van der Waals surface area contributed by atoms with Gasteiger partial charge in [0.1, 0.15) is 5.52 Å². The maximum absolute atomic E-state index is 11.4. The van der Waals surface area contributed by atoms with Crippen molar-refractivity contribution in [3.8, 4) is 0 Å². The van der Waals surface area contributed by atoms with E-state index >= 15 is 0 Å². The van der Waals surface area contributed by atoms with E-state index in [0.29, 0.717) is 17.0 Å². The van der Waals surface area contributed by atoms with Crippen LogP contribution in [0.25, 0.3) is 11.1 Å². The van der Waals surface area contributed by atoms with Crippen molar-refractivity contribution in [3.63, 3.8) is 0 Å². The summed E-state index contributed by atoms with van der Waals surface area (Å²) in [6, 6.07) is 4.75. The standard InChI is InChI=1S/C12H16N2O3S/c1-13-7-3-4-12-14-10-8-9(18(2,15)16)5-6-11(10)17-12/h5-6,8,13H,3-4,7H2,1-2H3. The van der Waals surface area contributed by atoms with Crippen molar-refractivity contribution in [3.05, 3.63) is 24.1 Å². The van der Waals surface area contributed by atoms with Crippen LogP contribution < -0.4 is 5.32 Å². The molecule has 0 aliphatic carbocycles. The van der Waals surface area contributed by atoms with Gasteiger partial charge in [0.05, 0.1) is 4.90 Å². The van der Waals surface area contributed by atoms with Crippen molar-refractivity contribution < 1.29 is 12.8 Å². The van der Waals surface area contributed by atoms with Crippen LogP contribution in [0.3, 0.4) is 0 Å². The molecule has 0 fully saturated rings. The second kappa shape index (κ2) is 5.07. The number of aryl methyl sites for hydroxylation is 1. The van der Waals surface area contributed by atoms with Crippen LogP contribution >= 0.6 is 0 Å². The van der Waals surface area contributed by atoms with Gasteiger partial charge in [-0.15, -0.1) is 0 Å². The smallest absolute Gasteiger partial charge is 0.195 e. The molecule has 0 spiro atoms. The third-order valence-electron chi connectivity index (χ3n) is 2.65. The van der Waals surface area contributed by atoms with Crippen LogP contribution in [0.15, 0.2) is 27.5 Å². The van der Waals surface area contributed by atoms with Gasteiger partial charge in [0.25, 0.3) is 0 Å². The summed E-state index contributed by atoms with van der Waals surface area (Å²) < 4.78 is 28.4. The van der Waals surface area contributed by atoms with Crippen LogP contribution in [0.2, 0.25) is 0 Å². The second-order valence-corrected chi connectivity index (χ2v) is 6.23. The summed E-state index contributed by atoms with van der Waals surface area (Å²) in [5, 5.41) is 3.05. The molecule has 0 radical (unpaired) electrons. The number of hydrogen-bond acceptors (Lipinski definition) is 5. The van der Waals surface area contributed by atoms with E-state index in [9.17, 15) is 8.42 Å². The quantitative estimate of drug-likeness (QED) is 0.829. The fourth-order valence-corrected chi connectivity index (χ4v) is 2.35. The lowest BCUT2D eigenvalue weighted by Gasteiger charge is -1.95. The Hall–Kier alpha value is -1.40. The Kier molecular flexibility index (Phi) is 3.68. The van der Waals surface area contributed by atoms with Gasteiger partial charge in [-0.2, -0.15) is 0 Å². The summed E-state index contributed by atoms with van der Waals surface area (Å²) in [5.74, 6) is 0.644. The molecule has 6 heteroatoms. The van der Waals surface area contributed by atoms with E-state index in [1.165, 1.54) is 6.26 Å². The first-order valence-electron chi connectivity index (χ1n) is 5.75. The van der Waals surface area contributed by atoms with E-state index < -0.39 is 9.84 Å². The van der Waals surface area contributed by atoms with Crippen LogP contribution in [-0.4, -0.2) is 33.2 Å². The maximum Gasteiger partial charge on any atom is 0.195 e. The van der Waals surface area contributed by atoms with Crippen molar-refractivity contribution in [2.75, 3.05) is 19.8 Å². The van der Waals surface area contributed by atoms with Gasteiger partial charge in [0.15, 0.2) is 21.3 Å². The summed E-state index contributed by atoms with van der Waals surface area (Å²) >= 11 is 0. The zero-order chi connectivity index (χ0) is 13.2. The molecule has 0 saturated heterocycles. The third-order valence-corrected chi connectivity index (χ3v) is 3.76. The SMILES string of the molecule is CNCCCc1nc2cc(S(C)(=O)=O)ccc2o1. The van der Waals surface area contributed by atoms with Gasteiger partial charge in [0, 0.05) is 12.7 Å². The number of oxazole rings is 1. The van der Waals surface area contributed by atoms with E-state index in [4.69, 9.17) is 4.42 Å². The minimum Gasteiger partial charge on any atom is -0.441 e. The van der Waals surface area contributed by atoms with E-state index in [1.807, 2.05) is 7.05 Å². The minimum atomic E-state index is -3.20.